The number of hydrazone groups is 1. The first kappa shape index (κ1) is 17.1. The molecule has 1 aliphatic rings. The number of aromatic nitrogens is 2. The fraction of sp³-hybridized carbons (Fsp3) is 0.312. The molecule has 1 aromatic carbocycles. The lowest BCUT2D eigenvalue weighted by atomic mass is 9.99. The van der Waals surface area contributed by atoms with Crippen molar-refractivity contribution in [2.24, 2.45) is 19.2 Å². The number of nitrogens with zero attached hydrogens (tertiary/aromatic N) is 3. The first-order chi connectivity index (χ1) is 11.9. The normalized spacial score (nSPS) is 16.5. The van der Waals surface area contributed by atoms with Crippen LogP contribution >= 0.6 is 11.6 Å². The maximum absolute atomic E-state index is 12.4. The van der Waals surface area contributed by atoms with Crippen molar-refractivity contribution in [2.45, 2.75) is 12.5 Å². The van der Waals surface area contributed by atoms with Crippen LogP contribution in [-0.2, 0) is 14.1 Å². The van der Waals surface area contributed by atoms with Crippen LogP contribution in [0.4, 0.5) is 0 Å². The van der Waals surface area contributed by atoms with Crippen molar-refractivity contribution >= 4 is 17.3 Å². The molecule has 0 spiro atoms. The van der Waals surface area contributed by atoms with Gasteiger partial charge in [0.1, 0.15) is 11.3 Å². The third-order valence-electron chi connectivity index (χ3n) is 4.26. The molecule has 1 unspecified atom stereocenters. The van der Waals surface area contributed by atoms with Crippen LogP contribution in [0.15, 0.2) is 32.9 Å². The van der Waals surface area contributed by atoms with Crippen molar-refractivity contribution in [1.82, 2.24) is 14.6 Å². The van der Waals surface area contributed by atoms with E-state index in [-0.39, 0.29) is 11.6 Å². The highest BCUT2D eigenvalue weighted by Gasteiger charge is 2.29. The lowest BCUT2D eigenvalue weighted by Crippen LogP contribution is -2.39. The van der Waals surface area contributed by atoms with E-state index in [9.17, 15) is 14.7 Å². The van der Waals surface area contributed by atoms with Gasteiger partial charge >= 0.3 is 5.69 Å². The molecule has 0 aliphatic carbocycles. The van der Waals surface area contributed by atoms with Crippen molar-refractivity contribution in [3.05, 3.63) is 55.2 Å². The van der Waals surface area contributed by atoms with Crippen LogP contribution in [0.2, 0.25) is 5.02 Å². The Bertz CT molecular complexity index is 993. The number of rotatable bonds is 3. The molecule has 2 heterocycles. The minimum Gasteiger partial charge on any atom is -0.495 e. The van der Waals surface area contributed by atoms with Gasteiger partial charge in [0.2, 0.25) is 5.88 Å². The first-order valence-electron chi connectivity index (χ1n) is 7.50. The summed E-state index contributed by atoms with van der Waals surface area (Å²) < 4.78 is 7.15. The van der Waals surface area contributed by atoms with Crippen LogP contribution in [0.25, 0.3) is 0 Å². The average molecular weight is 365 g/mol. The molecule has 0 saturated carbocycles. The van der Waals surface area contributed by atoms with Gasteiger partial charge in [-0.3, -0.25) is 13.9 Å². The summed E-state index contributed by atoms with van der Waals surface area (Å²) in [5, 5.41) is 14.9. The van der Waals surface area contributed by atoms with Gasteiger partial charge in [-0.1, -0.05) is 23.7 Å². The van der Waals surface area contributed by atoms with E-state index in [4.69, 9.17) is 16.3 Å². The Morgan fingerprint density at radius 2 is 2.04 bits per heavy atom. The number of hydrogen-bond acceptors (Lipinski definition) is 6. The number of aromatic hydroxyl groups is 1. The van der Waals surface area contributed by atoms with Crippen LogP contribution in [0.1, 0.15) is 23.6 Å². The van der Waals surface area contributed by atoms with Crippen molar-refractivity contribution in [1.29, 1.82) is 0 Å². The van der Waals surface area contributed by atoms with Crippen LogP contribution in [0.5, 0.6) is 11.6 Å². The number of methoxy groups -OCH3 is 1. The number of benzene rings is 1. The standard InChI is InChI=1S/C16H17ClN4O4/c1-20-14(22)12(15(23)21(2)16(20)24)10-7-9(18-19-10)8-5-4-6-11(25-3)13(8)17/h4-6,9,18,22H,7H2,1-3H3. The van der Waals surface area contributed by atoms with E-state index in [0.717, 1.165) is 14.7 Å². The Hall–Kier alpha value is -2.74. The molecule has 0 saturated heterocycles. The van der Waals surface area contributed by atoms with Crippen molar-refractivity contribution in [3.8, 4) is 11.6 Å². The minimum absolute atomic E-state index is 0.00128. The van der Waals surface area contributed by atoms with E-state index < -0.39 is 17.1 Å². The quantitative estimate of drug-likeness (QED) is 0.843. The molecule has 1 aliphatic heterocycles. The number of hydrogen-bond donors (Lipinski definition) is 2. The summed E-state index contributed by atoms with van der Waals surface area (Å²) in [5.41, 5.74) is 2.84. The first-order valence-corrected chi connectivity index (χ1v) is 7.88. The molecular formula is C16H17ClN4O4. The highest BCUT2D eigenvalue weighted by atomic mass is 35.5. The molecule has 3 rings (SSSR count). The summed E-state index contributed by atoms with van der Waals surface area (Å²) >= 11 is 6.34. The van der Waals surface area contributed by atoms with Gasteiger partial charge in [0.25, 0.3) is 5.56 Å². The maximum atomic E-state index is 12.4. The van der Waals surface area contributed by atoms with E-state index in [2.05, 4.69) is 10.5 Å². The van der Waals surface area contributed by atoms with Crippen molar-refractivity contribution in [3.63, 3.8) is 0 Å². The molecule has 2 N–H and O–H groups in total. The van der Waals surface area contributed by atoms with Gasteiger partial charge in [-0.25, -0.2) is 4.79 Å². The Balaban J connectivity index is 2.00. The van der Waals surface area contributed by atoms with Crippen LogP contribution < -0.4 is 21.4 Å². The second kappa shape index (κ2) is 6.29. The predicted octanol–water partition coefficient (Wildman–Crippen LogP) is 0.890. The molecule has 8 nitrogen and oxygen atoms in total. The van der Waals surface area contributed by atoms with E-state index in [1.807, 2.05) is 12.1 Å². The maximum Gasteiger partial charge on any atom is 0.333 e. The van der Waals surface area contributed by atoms with Crippen LogP contribution in [0.3, 0.4) is 0 Å². The molecule has 9 heteroatoms. The second-order valence-corrected chi connectivity index (χ2v) is 6.09. The zero-order chi connectivity index (χ0) is 18.3. The Morgan fingerprint density at radius 1 is 1.32 bits per heavy atom. The van der Waals surface area contributed by atoms with E-state index in [0.29, 0.717) is 22.9 Å². The molecule has 0 amide bonds. The summed E-state index contributed by atoms with van der Waals surface area (Å²) in [6.07, 6.45) is 0.327. The fourth-order valence-electron chi connectivity index (χ4n) is 2.82. The number of halogens is 1. The van der Waals surface area contributed by atoms with Crippen LogP contribution in [0, 0.1) is 0 Å². The monoisotopic (exact) mass is 364 g/mol. The Labute approximate surface area is 147 Å². The highest BCUT2D eigenvalue weighted by Crippen LogP contribution is 2.35. The third-order valence-corrected chi connectivity index (χ3v) is 4.67. The second-order valence-electron chi connectivity index (χ2n) is 5.71. The highest BCUT2D eigenvalue weighted by molar-refractivity contribution is 6.33. The van der Waals surface area contributed by atoms with E-state index >= 15 is 0 Å². The van der Waals surface area contributed by atoms with Gasteiger partial charge in [0.15, 0.2) is 0 Å². The molecular weight excluding hydrogens is 348 g/mol. The Kier molecular flexibility index (Phi) is 4.30. The number of ether oxygens (including phenoxy) is 1. The van der Waals surface area contributed by atoms with E-state index in [1.54, 1.807) is 6.07 Å². The van der Waals surface area contributed by atoms with E-state index in [1.165, 1.54) is 21.2 Å². The third kappa shape index (κ3) is 2.68. The molecule has 25 heavy (non-hydrogen) atoms. The summed E-state index contributed by atoms with van der Waals surface area (Å²) in [6.45, 7) is 0. The largest absolute Gasteiger partial charge is 0.495 e. The predicted molar refractivity (Wildman–Crippen MR) is 93.6 cm³/mol. The van der Waals surface area contributed by atoms with Gasteiger partial charge in [-0.05, 0) is 11.6 Å². The van der Waals surface area contributed by atoms with Gasteiger partial charge in [-0.2, -0.15) is 5.10 Å². The van der Waals surface area contributed by atoms with Gasteiger partial charge < -0.3 is 15.3 Å². The van der Waals surface area contributed by atoms with Crippen LogP contribution in [-0.4, -0.2) is 27.1 Å². The van der Waals surface area contributed by atoms with Crippen molar-refractivity contribution in [2.75, 3.05) is 7.11 Å². The molecule has 1 atom stereocenters. The van der Waals surface area contributed by atoms with Gasteiger partial charge in [0, 0.05) is 20.5 Å². The lowest BCUT2D eigenvalue weighted by Gasteiger charge is -2.14. The lowest BCUT2D eigenvalue weighted by molar-refractivity contribution is 0.410. The smallest absolute Gasteiger partial charge is 0.333 e. The summed E-state index contributed by atoms with van der Waals surface area (Å²) in [4.78, 5) is 24.3. The fourth-order valence-corrected chi connectivity index (χ4v) is 3.15. The Morgan fingerprint density at radius 3 is 2.72 bits per heavy atom. The molecule has 2 aromatic rings. The summed E-state index contributed by atoms with van der Waals surface area (Å²) in [5.74, 6) is 0.126. The summed E-state index contributed by atoms with van der Waals surface area (Å²) in [7, 11) is 4.27. The van der Waals surface area contributed by atoms with Crippen molar-refractivity contribution < 1.29 is 9.84 Å². The zero-order valence-electron chi connectivity index (χ0n) is 13.9. The molecule has 0 fully saturated rings. The average Bonchev–Trinajstić information content (AvgIpc) is 3.08. The SMILES string of the molecule is COc1cccc(C2CC(c3c(O)n(C)c(=O)n(C)c3=O)=NN2)c1Cl. The van der Waals surface area contributed by atoms with Gasteiger partial charge in [0.05, 0.1) is 23.9 Å². The van der Waals surface area contributed by atoms with Gasteiger partial charge in [-0.15, -0.1) is 0 Å². The zero-order valence-corrected chi connectivity index (χ0v) is 14.7. The molecule has 132 valence electrons. The molecule has 0 radical (unpaired) electrons. The molecule has 1 aromatic heterocycles. The topological polar surface area (TPSA) is 97.9 Å². The molecule has 0 bridgehead atoms. The number of nitrogens with one attached hydrogen (secondary N) is 1. The summed E-state index contributed by atoms with van der Waals surface area (Å²) in [6, 6.07) is 5.11. The minimum atomic E-state index is -0.606.